The van der Waals surface area contributed by atoms with Crippen LogP contribution in [0, 0.1) is 5.82 Å². The van der Waals surface area contributed by atoms with Gasteiger partial charge in [-0.3, -0.25) is 4.79 Å². The van der Waals surface area contributed by atoms with E-state index in [0.717, 1.165) is 30.6 Å². The van der Waals surface area contributed by atoms with Crippen molar-refractivity contribution in [2.75, 3.05) is 19.7 Å². The van der Waals surface area contributed by atoms with Gasteiger partial charge in [-0.25, -0.2) is 23.4 Å². The topological polar surface area (TPSA) is 94.0 Å². The zero-order valence-electron chi connectivity index (χ0n) is 26.0. The highest BCUT2D eigenvalue weighted by Gasteiger charge is 2.43. The van der Waals surface area contributed by atoms with Gasteiger partial charge in [0.25, 0.3) is 5.91 Å². The molecule has 3 aromatic rings. The first-order valence-corrected chi connectivity index (χ1v) is 15.5. The van der Waals surface area contributed by atoms with Crippen molar-refractivity contribution in [1.82, 2.24) is 19.4 Å². The van der Waals surface area contributed by atoms with E-state index in [9.17, 15) is 14.4 Å². The largest absolute Gasteiger partial charge is 0.464 e. The number of fused-ring (bicyclic) bond motifs is 2. The van der Waals surface area contributed by atoms with Gasteiger partial charge >= 0.3 is 12.1 Å². The van der Waals surface area contributed by atoms with E-state index in [1.54, 1.807) is 52.2 Å². The van der Waals surface area contributed by atoms with Gasteiger partial charge in [0.1, 0.15) is 17.6 Å². The monoisotopic (exact) mass is 620 g/mol. The fraction of sp³-hybridized carbons (Fsp3) is 0.471. The van der Waals surface area contributed by atoms with Gasteiger partial charge < -0.3 is 23.8 Å². The Labute approximate surface area is 261 Å². The molecule has 0 radical (unpaired) electrons. The fourth-order valence-corrected chi connectivity index (χ4v) is 6.60. The first-order chi connectivity index (χ1) is 21.4. The summed E-state index contributed by atoms with van der Waals surface area (Å²) in [7, 11) is 0. The van der Waals surface area contributed by atoms with Crippen LogP contribution >= 0.6 is 0 Å². The highest BCUT2D eigenvalue weighted by atomic mass is 19.1. The Morgan fingerprint density at radius 1 is 1.11 bits per heavy atom. The third-order valence-electron chi connectivity index (χ3n) is 8.75. The van der Waals surface area contributed by atoms with E-state index in [-0.39, 0.29) is 30.8 Å². The number of hydrogen-bond acceptors (Lipinski definition) is 6. The third kappa shape index (κ3) is 5.92. The van der Waals surface area contributed by atoms with Crippen LogP contribution in [0.3, 0.4) is 0 Å². The van der Waals surface area contributed by atoms with E-state index >= 15 is 8.78 Å². The van der Waals surface area contributed by atoms with E-state index in [0.29, 0.717) is 29.8 Å². The minimum absolute atomic E-state index is 0.0511. The standard InChI is InChI=1S/C34H38F2N4O5/c1-5-44-32(42)30(29-28-7-6-13-39(28)19-37-29)40-17-25-24(31(40)41)15-22(16-26(25)35)20-8-10-21(11-9-20)23-12-14-38(18-27(23)36)33(43)45-34(2,3)4/h8-11,15-16,19,23,27,30H,5-7,12-14,17-18H2,1-4H3/t23-,27+,30?/m0/s1. The van der Waals surface area contributed by atoms with Gasteiger partial charge in [-0.1, -0.05) is 24.3 Å². The van der Waals surface area contributed by atoms with Crippen molar-refractivity contribution in [2.45, 2.75) is 83.8 Å². The minimum Gasteiger partial charge on any atom is -0.464 e. The molecule has 1 saturated heterocycles. The summed E-state index contributed by atoms with van der Waals surface area (Å²) in [6.45, 7) is 8.21. The molecule has 11 heteroatoms. The third-order valence-corrected chi connectivity index (χ3v) is 8.75. The molecule has 238 valence electrons. The van der Waals surface area contributed by atoms with Gasteiger partial charge in [0.15, 0.2) is 6.04 Å². The summed E-state index contributed by atoms with van der Waals surface area (Å²) < 4.78 is 43.5. The van der Waals surface area contributed by atoms with E-state index in [1.807, 2.05) is 16.7 Å². The molecule has 2 aromatic carbocycles. The molecular formula is C34H38F2N4O5. The Morgan fingerprint density at radius 2 is 1.87 bits per heavy atom. The summed E-state index contributed by atoms with van der Waals surface area (Å²) >= 11 is 0. The molecule has 1 aromatic heterocycles. The maximum absolute atomic E-state index is 15.6. The SMILES string of the molecule is CCOC(=O)C(c1ncn2c1CCC2)N1Cc2c(F)cc(-c3ccc([C@@H]4CCN(C(=O)OC(C)(C)C)C[C@H]4F)cc3)cc2C1=O. The zero-order valence-corrected chi connectivity index (χ0v) is 26.0. The quantitative estimate of drug-likeness (QED) is 0.316. The summed E-state index contributed by atoms with van der Waals surface area (Å²) in [5.41, 5.74) is 3.08. The van der Waals surface area contributed by atoms with E-state index in [4.69, 9.17) is 9.47 Å². The van der Waals surface area contributed by atoms with Crippen LogP contribution in [0.25, 0.3) is 11.1 Å². The lowest BCUT2D eigenvalue weighted by atomic mass is 9.87. The number of aromatic nitrogens is 2. The van der Waals surface area contributed by atoms with Crippen LogP contribution in [-0.4, -0.2) is 68.8 Å². The van der Waals surface area contributed by atoms with Crippen molar-refractivity contribution in [3.8, 4) is 11.1 Å². The number of piperidine rings is 1. The molecule has 6 rings (SSSR count). The van der Waals surface area contributed by atoms with Gasteiger partial charge in [0.2, 0.25) is 0 Å². The summed E-state index contributed by atoms with van der Waals surface area (Å²) in [6, 6.07) is 9.16. The molecule has 0 aliphatic carbocycles. The highest BCUT2D eigenvalue weighted by molar-refractivity contribution is 6.02. The highest BCUT2D eigenvalue weighted by Crippen LogP contribution is 2.38. The number of likely N-dealkylation sites (tertiary alicyclic amines) is 1. The Morgan fingerprint density at radius 3 is 2.56 bits per heavy atom. The zero-order chi connectivity index (χ0) is 32.0. The maximum atomic E-state index is 15.6. The number of hydrogen-bond donors (Lipinski definition) is 0. The predicted molar refractivity (Wildman–Crippen MR) is 162 cm³/mol. The van der Waals surface area contributed by atoms with Crippen LogP contribution < -0.4 is 0 Å². The van der Waals surface area contributed by atoms with Gasteiger partial charge in [-0.05, 0) is 75.8 Å². The molecule has 4 heterocycles. The number of ether oxygens (including phenoxy) is 2. The number of nitrogens with zero attached hydrogens (tertiary/aromatic N) is 4. The predicted octanol–water partition coefficient (Wildman–Crippen LogP) is 5.96. The fourth-order valence-electron chi connectivity index (χ4n) is 6.60. The van der Waals surface area contributed by atoms with E-state index in [2.05, 4.69) is 4.98 Å². The molecule has 45 heavy (non-hydrogen) atoms. The van der Waals surface area contributed by atoms with Crippen LogP contribution in [-0.2, 0) is 33.8 Å². The number of benzene rings is 2. The van der Waals surface area contributed by atoms with Crippen LogP contribution in [0.5, 0.6) is 0 Å². The molecule has 3 atom stereocenters. The van der Waals surface area contributed by atoms with Crippen molar-refractivity contribution in [3.05, 3.63) is 76.6 Å². The Balaban J connectivity index is 1.21. The number of esters is 1. The Kier molecular flexibility index (Phi) is 8.13. The number of alkyl halides is 1. The molecule has 0 spiro atoms. The van der Waals surface area contributed by atoms with Crippen LogP contribution in [0.15, 0.2) is 42.7 Å². The molecule has 9 nitrogen and oxygen atoms in total. The Bertz CT molecular complexity index is 1630. The summed E-state index contributed by atoms with van der Waals surface area (Å²) in [6.07, 6.45) is 1.99. The first-order valence-electron chi connectivity index (χ1n) is 15.5. The number of imidazole rings is 1. The average molecular weight is 621 g/mol. The molecule has 3 aliphatic rings. The number of amides is 2. The lowest BCUT2D eigenvalue weighted by molar-refractivity contribution is -0.149. The van der Waals surface area contributed by atoms with Crippen LogP contribution in [0.4, 0.5) is 13.6 Å². The number of carbonyl (C=O) groups excluding carboxylic acids is 3. The molecule has 0 N–H and O–H groups in total. The molecule has 1 unspecified atom stereocenters. The number of halogens is 2. The lowest BCUT2D eigenvalue weighted by Crippen LogP contribution is -2.46. The maximum Gasteiger partial charge on any atom is 0.410 e. The van der Waals surface area contributed by atoms with Crippen molar-refractivity contribution >= 4 is 18.0 Å². The summed E-state index contributed by atoms with van der Waals surface area (Å²) in [5.74, 6) is -1.99. The number of carbonyl (C=O) groups is 3. The second kappa shape index (κ2) is 11.9. The number of aryl methyl sites for hydroxylation is 1. The number of rotatable bonds is 6. The normalized spacial score (nSPS) is 20.2. The van der Waals surface area contributed by atoms with Crippen molar-refractivity contribution in [1.29, 1.82) is 0 Å². The molecule has 0 saturated carbocycles. The second-order valence-corrected chi connectivity index (χ2v) is 12.9. The Hall–Kier alpha value is -4.28. The summed E-state index contributed by atoms with van der Waals surface area (Å²) in [4.78, 5) is 46.6. The van der Waals surface area contributed by atoms with E-state index < -0.39 is 47.5 Å². The van der Waals surface area contributed by atoms with Gasteiger partial charge in [0.05, 0.1) is 31.7 Å². The first kappa shape index (κ1) is 30.7. The van der Waals surface area contributed by atoms with E-state index in [1.165, 1.54) is 15.9 Å². The lowest BCUT2D eigenvalue weighted by Gasteiger charge is -2.35. The molecule has 3 aliphatic heterocycles. The van der Waals surface area contributed by atoms with Crippen LogP contribution in [0.1, 0.15) is 85.4 Å². The second-order valence-electron chi connectivity index (χ2n) is 12.9. The van der Waals surface area contributed by atoms with Crippen molar-refractivity contribution in [2.24, 2.45) is 0 Å². The smallest absolute Gasteiger partial charge is 0.410 e. The van der Waals surface area contributed by atoms with Gasteiger partial charge in [0, 0.05) is 35.8 Å². The van der Waals surface area contributed by atoms with Crippen LogP contribution in [0.2, 0.25) is 0 Å². The summed E-state index contributed by atoms with van der Waals surface area (Å²) in [5, 5.41) is 0. The van der Waals surface area contributed by atoms with Gasteiger partial charge in [-0.2, -0.15) is 0 Å². The molecule has 0 bridgehead atoms. The van der Waals surface area contributed by atoms with Crippen molar-refractivity contribution < 1.29 is 32.6 Å². The van der Waals surface area contributed by atoms with Gasteiger partial charge in [-0.15, -0.1) is 0 Å². The molecular weight excluding hydrogens is 582 g/mol. The van der Waals surface area contributed by atoms with Crippen molar-refractivity contribution in [3.63, 3.8) is 0 Å². The minimum atomic E-state index is -1.26. The molecule has 1 fully saturated rings. The molecule has 2 amide bonds. The average Bonchev–Trinajstić information content (AvgIpc) is 3.69.